The van der Waals surface area contributed by atoms with E-state index >= 15 is 0 Å². The quantitative estimate of drug-likeness (QED) is 0.793. The highest BCUT2D eigenvalue weighted by atomic mass is 16.2. The number of carbonyl (C=O) groups excluding carboxylic acids is 1. The molecular weight excluding hydrogens is 260 g/mol. The predicted molar refractivity (Wildman–Crippen MR) is 87.9 cm³/mol. The van der Waals surface area contributed by atoms with E-state index in [1.165, 1.54) is 5.57 Å². The molecule has 1 aliphatic heterocycles. The van der Waals surface area contributed by atoms with Gasteiger partial charge in [0, 0.05) is 19.6 Å². The van der Waals surface area contributed by atoms with Crippen molar-refractivity contribution in [2.24, 2.45) is 22.5 Å². The first kappa shape index (κ1) is 16.5. The number of amides is 1. The molecule has 120 valence electrons. The molecule has 0 atom stereocenters. The Morgan fingerprint density at radius 2 is 2.00 bits per heavy atom. The van der Waals surface area contributed by atoms with Crippen LogP contribution in [0.15, 0.2) is 11.6 Å². The maximum absolute atomic E-state index is 13.0. The van der Waals surface area contributed by atoms with Crippen LogP contribution < -0.4 is 5.73 Å². The first-order valence-electron chi connectivity index (χ1n) is 8.47. The number of hydrogen-bond acceptors (Lipinski definition) is 2. The molecular formula is C18H32N2O. The summed E-state index contributed by atoms with van der Waals surface area (Å²) < 4.78 is 0. The normalized spacial score (nSPS) is 31.0. The van der Waals surface area contributed by atoms with E-state index in [0.717, 1.165) is 51.1 Å². The highest BCUT2D eigenvalue weighted by Crippen LogP contribution is 2.40. The summed E-state index contributed by atoms with van der Waals surface area (Å²) in [5.41, 5.74) is 7.45. The van der Waals surface area contributed by atoms with Gasteiger partial charge in [-0.1, -0.05) is 39.3 Å². The second kappa shape index (κ2) is 6.12. The summed E-state index contributed by atoms with van der Waals surface area (Å²) in [6, 6.07) is 0. The summed E-state index contributed by atoms with van der Waals surface area (Å²) >= 11 is 0. The van der Waals surface area contributed by atoms with Crippen LogP contribution >= 0.6 is 0 Å². The van der Waals surface area contributed by atoms with Gasteiger partial charge in [-0.25, -0.2) is 0 Å². The van der Waals surface area contributed by atoms with Gasteiger partial charge in [-0.15, -0.1) is 0 Å². The van der Waals surface area contributed by atoms with E-state index in [9.17, 15) is 4.79 Å². The Kier molecular flexibility index (Phi) is 4.82. The van der Waals surface area contributed by atoms with Gasteiger partial charge in [-0.3, -0.25) is 4.79 Å². The highest BCUT2D eigenvalue weighted by Gasteiger charge is 2.42. The number of hydrogen-bond donors (Lipinski definition) is 1. The molecule has 1 aliphatic carbocycles. The number of rotatable bonds is 2. The summed E-state index contributed by atoms with van der Waals surface area (Å²) in [6.45, 7) is 11.2. The summed E-state index contributed by atoms with van der Waals surface area (Å²) in [5, 5.41) is 0. The Hall–Kier alpha value is -0.830. The Morgan fingerprint density at radius 3 is 2.43 bits per heavy atom. The second-order valence-corrected chi connectivity index (χ2v) is 8.15. The summed E-state index contributed by atoms with van der Waals surface area (Å²) in [6.07, 6.45) is 7.48. The molecule has 1 fully saturated rings. The highest BCUT2D eigenvalue weighted by molar-refractivity contribution is 5.83. The van der Waals surface area contributed by atoms with Crippen LogP contribution in [0.2, 0.25) is 0 Å². The SMILES string of the molecule is CC1CCC(CN)(C(=O)N2CC=C(C(C)(C)C)CC2)CC1. The Balaban J connectivity index is 2.05. The standard InChI is InChI=1S/C18H32N2O/c1-14-5-9-18(13-19,10-6-14)16(21)20-11-7-15(8-12-20)17(2,3)4/h7,14H,5-6,8-13,19H2,1-4H3. The van der Waals surface area contributed by atoms with Crippen LogP contribution in [0, 0.1) is 16.7 Å². The van der Waals surface area contributed by atoms with E-state index < -0.39 is 0 Å². The summed E-state index contributed by atoms with van der Waals surface area (Å²) in [7, 11) is 0. The maximum atomic E-state index is 13.0. The van der Waals surface area contributed by atoms with Gasteiger partial charge in [-0.05, 0) is 43.4 Å². The third kappa shape index (κ3) is 3.50. The minimum Gasteiger partial charge on any atom is -0.338 e. The number of nitrogens with zero attached hydrogens (tertiary/aromatic N) is 1. The number of carbonyl (C=O) groups is 1. The first-order chi connectivity index (χ1) is 9.78. The zero-order valence-corrected chi connectivity index (χ0v) is 14.2. The zero-order chi connectivity index (χ0) is 15.7. The topological polar surface area (TPSA) is 46.3 Å². The first-order valence-corrected chi connectivity index (χ1v) is 8.47. The van der Waals surface area contributed by atoms with Gasteiger partial charge < -0.3 is 10.6 Å². The van der Waals surface area contributed by atoms with Gasteiger partial charge in [0.15, 0.2) is 0 Å². The molecule has 21 heavy (non-hydrogen) atoms. The Bertz CT molecular complexity index is 411. The fourth-order valence-corrected chi connectivity index (χ4v) is 3.69. The molecule has 1 saturated carbocycles. The van der Waals surface area contributed by atoms with Crippen LogP contribution in [0.4, 0.5) is 0 Å². The minimum atomic E-state index is -0.278. The molecule has 0 aromatic heterocycles. The van der Waals surface area contributed by atoms with E-state index in [0.29, 0.717) is 12.5 Å². The van der Waals surface area contributed by atoms with Crippen molar-refractivity contribution in [2.75, 3.05) is 19.6 Å². The van der Waals surface area contributed by atoms with Crippen molar-refractivity contribution in [3.63, 3.8) is 0 Å². The molecule has 0 aromatic rings. The summed E-state index contributed by atoms with van der Waals surface area (Å²) in [5.74, 6) is 1.05. The van der Waals surface area contributed by atoms with Gasteiger partial charge in [0.05, 0.1) is 5.41 Å². The van der Waals surface area contributed by atoms with Crippen LogP contribution in [-0.4, -0.2) is 30.4 Å². The second-order valence-electron chi connectivity index (χ2n) is 8.15. The number of nitrogens with two attached hydrogens (primary N) is 1. The largest absolute Gasteiger partial charge is 0.338 e. The van der Waals surface area contributed by atoms with Crippen LogP contribution in [0.25, 0.3) is 0 Å². The third-order valence-electron chi connectivity index (χ3n) is 5.54. The van der Waals surface area contributed by atoms with Crippen molar-refractivity contribution < 1.29 is 4.79 Å². The average Bonchev–Trinajstić information content (AvgIpc) is 2.47. The fourth-order valence-electron chi connectivity index (χ4n) is 3.69. The van der Waals surface area contributed by atoms with E-state index in [-0.39, 0.29) is 10.8 Å². The van der Waals surface area contributed by atoms with Crippen molar-refractivity contribution >= 4 is 5.91 Å². The third-order valence-corrected chi connectivity index (χ3v) is 5.54. The smallest absolute Gasteiger partial charge is 0.230 e. The molecule has 0 spiro atoms. The van der Waals surface area contributed by atoms with Crippen molar-refractivity contribution in [3.05, 3.63) is 11.6 Å². The predicted octanol–water partition coefficient (Wildman–Crippen LogP) is 3.35. The summed E-state index contributed by atoms with van der Waals surface area (Å²) in [4.78, 5) is 15.0. The molecule has 2 aliphatic rings. The molecule has 0 unspecified atom stereocenters. The van der Waals surface area contributed by atoms with Crippen molar-refractivity contribution in [1.29, 1.82) is 0 Å². The zero-order valence-electron chi connectivity index (χ0n) is 14.2. The molecule has 0 saturated heterocycles. The van der Waals surface area contributed by atoms with Gasteiger partial charge >= 0.3 is 0 Å². The molecule has 1 amide bonds. The van der Waals surface area contributed by atoms with Gasteiger partial charge in [-0.2, -0.15) is 0 Å². The Labute approximate surface area is 130 Å². The Morgan fingerprint density at radius 1 is 1.38 bits per heavy atom. The van der Waals surface area contributed by atoms with Gasteiger partial charge in [0.2, 0.25) is 5.91 Å². The molecule has 2 N–H and O–H groups in total. The van der Waals surface area contributed by atoms with Crippen LogP contribution in [0.1, 0.15) is 59.8 Å². The lowest BCUT2D eigenvalue weighted by atomic mass is 9.69. The maximum Gasteiger partial charge on any atom is 0.230 e. The van der Waals surface area contributed by atoms with Crippen LogP contribution in [0.3, 0.4) is 0 Å². The molecule has 0 radical (unpaired) electrons. The average molecular weight is 292 g/mol. The minimum absolute atomic E-state index is 0.223. The van der Waals surface area contributed by atoms with Crippen molar-refractivity contribution in [2.45, 2.75) is 59.8 Å². The molecule has 0 aromatic carbocycles. The van der Waals surface area contributed by atoms with Crippen molar-refractivity contribution in [3.8, 4) is 0 Å². The lowest BCUT2D eigenvalue weighted by molar-refractivity contribution is -0.143. The lowest BCUT2D eigenvalue weighted by Crippen LogP contribution is -2.51. The molecule has 3 heteroatoms. The van der Waals surface area contributed by atoms with E-state index in [2.05, 4.69) is 33.8 Å². The molecule has 3 nitrogen and oxygen atoms in total. The van der Waals surface area contributed by atoms with Crippen LogP contribution in [0.5, 0.6) is 0 Å². The van der Waals surface area contributed by atoms with E-state index in [1.54, 1.807) is 0 Å². The lowest BCUT2D eigenvalue weighted by Gasteiger charge is -2.42. The monoisotopic (exact) mass is 292 g/mol. The van der Waals surface area contributed by atoms with E-state index in [4.69, 9.17) is 5.73 Å². The van der Waals surface area contributed by atoms with Crippen molar-refractivity contribution in [1.82, 2.24) is 4.90 Å². The van der Waals surface area contributed by atoms with Gasteiger partial charge in [0.25, 0.3) is 0 Å². The van der Waals surface area contributed by atoms with Gasteiger partial charge in [0.1, 0.15) is 0 Å². The fraction of sp³-hybridized carbons (Fsp3) is 0.833. The van der Waals surface area contributed by atoms with Crippen LogP contribution in [-0.2, 0) is 4.79 Å². The molecule has 0 bridgehead atoms. The van der Waals surface area contributed by atoms with E-state index in [1.807, 2.05) is 4.90 Å². The molecule has 2 rings (SSSR count). The molecule has 1 heterocycles.